The van der Waals surface area contributed by atoms with Crippen molar-refractivity contribution in [3.63, 3.8) is 0 Å². The van der Waals surface area contributed by atoms with E-state index in [1.54, 1.807) is 6.92 Å². The molecule has 1 rings (SSSR count). The molecule has 0 spiro atoms. The Hall–Kier alpha value is -1.47. The van der Waals surface area contributed by atoms with Crippen molar-refractivity contribution in [2.75, 3.05) is 14.2 Å². The van der Waals surface area contributed by atoms with Gasteiger partial charge >= 0.3 is 0 Å². The van der Waals surface area contributed by atoms with Crippen molar-refractivity contribution in [2.24, 2.45) is 0 Å². The molecule has 0 aliphatic rings. The quantitative estimate of drug-likeness (QED) is 0.783. The number of methoxy groups -OCH3 is 2. The van der Waals surface area contributed by atoms with Gasteiger partial charge in [-0.1, -0.05) is 20.8 Å². The molecule has 1 aromatic rings. The number of phenolic OH excluding ortho intramolecular Hbond substituents is 1. The Morgan fingerprint density at radius 1 is 1.14 bits per heavy atom. The number of hydrogen-bond donors (Lipinski definition) is 2. The number of hydrogen-bond acceptors (Lipinski definition) is 5. The third-order valence-corrected chi connectivity index (χ3v) is 4.55. The van der Waals surface area contributed by atoms with Crippen LogP contribution in [0.3, 0.4) is 0 Å². The predicted octanol–water partition coefficient (Wildman–Crippen LogP) is 2.73. The van der Waals surface area contributed by atoms with Gasteiger partial charge < -0.3 is 14.6 Å². The minimum absolute atomic E-state index is 0.166. The molecule has 1 aromatic carbocycles. The van der Waals surface area contributed by atoms with Crippen LogP contribution in [0, 0.1) is 0 Å². The number of benzene rings is 1. The van der Waals surface area contributed by atoms with Crippen LogP contribution in [0.1, 0.15) is 44.2 Å². The molecular formula is C14H22O6S. The zero-order chi connectivity index (χ0) is 16.4. The number of phenols is 1. The van der Waals surface area contributed by atoms with Gasteiger partial charge in [0, 0.05) is 11.1 Å². The summed E-state index contributed by atoms with van der Waals surface area (Å²) in [6.45, 7) is 5.43. The fourth-order valence-corrected chi connectivity index (χ4v) is 3.32. The van der Waals surface area contributed by atoms with Crippen LogP contribution in [0.2, 0.25) is 0 Å². The second-order valence-corrected chi connectivity index (χ2v) is 6.13. The summed E-state index contributed by atoms with van der Waals surface area (Å²) in [5, 5.41) is 10.4. The Bertz CT molecular complexity index is 621. The van der Waals surface area contributed by atoms with E-state index >= 15 is 0 Å². The van der Waals surface area contributed by atoms with Gasteiger partial charge in [0.1, 0.15) is 10.6 Å². The Balaban J connectivity index is 3.99. The molecule has 7 heteroatoms. The lowest BCUT2D eigenvalue weighted by atomic mass is 9.93. The highest BCUT2D eigenvalue weighted by Gasteiger charge is 2.32. The molecule has 0 aromatic heterocycles. The van der Waals surface area contributed by atoms with E-state index in [0.29, 0.717) is 17.7 Å². The van der Waals surface area contributed by atoms with Crippen LogP contribution in [0.5, 0.6) is 17.2 Å². The molecule has 0 amide bonds. The molecule has 0 radical (unpaired) electrons. The van der Waals surface area contributed by atoms with Crippen molar-refractivity contribution in [1.82, 2.24) is 0 Å². The molecule has 0 saturated heterocycles. The summed E-state index contributed by atoms with van der Waals surface area (Å²) in [4.78, 5) is -0.502. The highest BCUT2D eigenvalue weighted by molar-refractivity contribution is 7.86. The summed E-state index contributed by atoms with van der Waals surface area (Å²) in [7, 11) is -1.77. The molecule has 0 bridgehead atoms. The maximum atomic E-state index is 11.7. The average molecular weight is 318 g/mol. The molecule has 6 nitrogen and oxygen atoms in total. The van der Waals surface area contributed by atoms with Crippen LogP contribution in [0.15, 0.2) is 4.90 Å². The lowest BCUT2D eigenvalue weighted by molar-refractivity contribution is 0.336. The molecular weight excluding hydrogens is 296 g/mol. The fourth-order valence-electron chi connectivity index (χ4n) is 2.41. The topological polar surface area (TPSA) is 93.1 Å². The first-order chi connectivity index (χ1) is 9.74. The maximum Gasteiger partial charge on any atom is 0.298 e. The largest absolute Gasteiger partial charge is 0.506 e. The molecule has 2 N–H and O–H groups in total. The fraction of sp³-hybridized carbons (Fsp3) is 0.571. The summed E-state index contributed by atoms with van der Waals surface area (Å²) < 4.78 is 43.4. The third-order valence-electron chi connectivity index (χ3n) is 3.59. The van der Waals surface area contributed by atoms with E-state index in [2.05, 4.69) is 0 Å². The van der Waals surface area contributed by atoms with Gasteiger partial charge in [-0.15, -0.1) is 0 Å². The lowest BCUT2D eigenvalue weighted by Crippen LogP contribution is -2.10. The average Bonchev–Trinajstić information content (AvgIpc) is 2.43. The molecule has 0 fully saturated rings. The Kier molecular flexibility index (Phi) is 5.47. The summed E-state index contributed by atoms with van der Waals surface area (Å²) in [6.07, 6.45) is 0.909. The van der Waals surface area contributed by atoms with Crippen molar-refractivity contribution >= 4 is 10.1 Å². The summed E-state index contributed by atoms with van der Waals surface area (Å²) in [6, 6.07) is 0. The highest BCUT2D eigenvalue weighted by atomic mass is 32.2. The Morgan fingerprint density at radius 2 is 1.67 bits per heavy atom. The Labute approximate surface area is 125 Å². The third kappa shape index (κ3) is 3.08. The van der Waals surface area contributed by atoms with E-state index < -0.39 is 20.8 Å². The minimum atomic E-state index is -4.58. The minimum Gasteiger partial charge on any atom is -0.506 e. The smallest absolute Gasteiger partial charge is 0.298 e. The van der Waals surface area contributed by atoms with Crippen LogP contribution in [-0.4, -0.2) is 32.3 Å². The van der Waals surface area contributed by atoms with Gasteiger partial charge in [-0.05, 0) is 18.8 Å². The van der Waals surface area contributed by atoms with Gasteiger partial charge in [0.05, 0.1) is 14.2 Å². The molecule has 0 heterocycles. The molecule has 21 heavy (non-hydrogen) atoms. The molecule has 0 saturated carbocycles. The van der Waals surface area contributed by atoms with Crippen molar-refractivity contribution in [2.45, 2.75) is 44.4 Å². The first kappa shape index (κ1) is 17.6. The number of aromatic hydroxyl groups is 1. The zero-order valence-electron chi connectivity index (χ0n) is 12.9. The van der Waals surface area contributed by atoms with Gasteiger partial charge in [-0.3, -0.25) is 4.55 Å². The monoisotopic (exact) mass is 318 g/mol. The summed E-state index contributed by atoms with van der Waals surface area (Å²) in [5.41, 5.74) is 0.517. The van der Waals surface area contributed by atoms with Gasteiger partial charge in [0.15, 0.2) is 11.5 Å². The molecule has 120 valence electrons. The van der Waals surface area contributed by atoms with Gasteiger partial charge in [0.25, 0.3) is 10.1 Å². The van der Waals surface area contributed by atoms with E-state index in [0.717, 1.165) is 0 Å². The number of rotatable bonds is 6. The second kappa shape index (κ2) is 6.53. The van der Waals surface area contributed by atoms with Crippen LogP contribution in [0.25, 0.3) is 0 Å². The SMILES string of the molecule is CCc1c(OC)c(OC)c(C(C)CC)c(O)c1S(=O)(=O)O. The Morgan fingerprint density at radius 3 is 2.00 bits per heavy atom. The molecule has 1 unspecified atom stereocenters. The molecule has 0 aliphatic heterocycles. The van der Waals surface area contributed by atoms with Crippen molar-refractivity contribution in [3.8, 4) is 17.2 Å². The number of ether oxygens (including phenoxy) is 2. The maximum absolute atomic E-state index is 11.7. The zero-order valence-corrected chi connectivity index (χ0v) is 13.7. The van der Waals surface area contributed by atoms with Crippen LogP contribution in [0.4, 0.5) is 0 Å². The van der Waals surface area contributed by atoms with E-state index in [-0.39, 0.29) is 23.7 Å². The van der Waals surface area contributed by atoms with Gasteiger partial charge in [-0.2, -0.15) is 8.42 Å². The van der Waals surface area contributed by atoms with E-state index in [1.807, 2.05) is 13.8 Å². The highest BCUT2D eigenvalue weighted by Crippen LogP contribution is 2.49. The summed E-state index contributed by atoms with van der Waals surface area (Å²) in [5.74, 6) is -0.115. The normalized spacial score (nSPS) is 13.0. The van der Waals surface area contributed by atoms with Crippen molar-refractivity contribution in [3.05, 3.63) is 11.1 Å². The standard InChI is InChI=1S/C14H22O6S/c1-6-8(3)10-11(15)14(21(16,17)18)9(7-2)12(19-4)13(10)20-5/h8,15H,6-7H2,1-5H3,(H,16,17,18). The molecule has 1 atom stereocenters. The molecule has 0 aliphatic carbocycles. The van der Waals surface area contributed by atoms with Gasteiger partial charge in [-0.25, -0.2) is 0 Å². The summed E-state index contributed by atoms with van der Waals surface area (Å²) >= 11 is 0. The first-order valence-corrected chi connectivity index (χ1v) is 8.15. The van der Waals surface area contributed by atoms with Crippen molar-refractivity contribution < 1.29 is 27.6 Å². The second-order valence-electron chi connectivity index (χ2n) is 4.77. The van der Waals surface area contributed by atoms with Gasteiger partial charge in [0.2, 0.25) is 0 Å². The van der Waals surface area contributed by atoms with Crippen LogP contribution < -0.4 is 9.47 Å². The van der Waals surface area contributed by atoms with E-state index in [1.165, 1.54) is 14.2 Å². The van der Waals surface area contributed by atoms with Crippen molar-refractivity contribution in [1.29, 1.82) is 0 Å². The lowest BCUT2D eigenvalue weighted by Gasteiger charge is -2.23. The van der Waals surface area contributed by atoms with E-state index in [9.17, 15) is 18.1 Å². The van der Waals surface area contributed by atoms with Crippen LogP contribution in [-0.2, 0) is 16.5 Å². The first-order valence-electron chi connectivity index (χ1n) is 6.71. The van der Waals surface area contributed by atoms with Crippen LogP contribution >= 0.6 is 0 Å². The predicted molar refractivity (Wildman–Crippen MR) is 79.1 cm³/mol. The van der Waals surface area contributed by atoms with E-state index in [4.69, 9.17) is 9.47 Å².